The van der Waals surface area contributed by atoms with E-state index in [0.29, 0.717) is 10.7 Å². The van der Waals surface area contributed by atoms with E-state index in [4.69, 9.17) is 16.7 Å². The molecule has 0 aliphatic carbocycles. The molecule has 2 rings (SSSR count). The number of nitrogens with one attached hydrogen (secondary N) is 2. The molecule has 3 N–H and O–H groups in total. The van der Waals surface area contributed by atoms with Crippen LogP contribution in [0.3, 0.4) is 0 Å². The van der Waals surface area contributed by atoms with Gasteiger partial charge in [-0.25, -0.2) is 0 Å². The number of carbonyl (C=O) groups is 2. The normalized spacial score (nSPS) is 12.0. The molecule has 1 atom stereocenters. The SMILES string of the molecule is Cc1[nH]nc(-c2ccc(Cl)cc2)c1CC(=O)N[C@@H](C)C(=O)O. The van der Waals surface area contributed by atoms with Gasteiger partial charge in [-0.05, 0) is 26.0 Å². The molecule has 0 fully saturated rings. The number of halogens is 1. The van der Waals surface area contributed by atoms with E-state index >= 15 is 0 Å². The molecule has 116 valence electrons. The summed E-state index contributed by atoms with van der Waals surface area (Å²) in [5, 5.41) is 18.9. The fourth-order valence-electron chi connectivity index (χ4n) is 2.03. The first kappa shape index (κ1) is 16.0. The van der Waals surface area contributed by atoms with Gasteiger partial charge >= 0.3 is 5.97 Å². The Kier molecular flexibility index (Phi) is 4.82. The Morgan fingerprint density at radius 2 is 2.00 bits per heavy atom. The Morgan fingerprint density at radius 3 is 2.59 bits per heavy atom. The highest BCUT2D eigenvalue weighted by Gasteiger charge is 2.19. The molecule has 0 bridgehead atoms. The average Bonchev–Trinajstić information content (AvgIpc) is 2.81. The third-order valence-corrected chi connectivity index (χ3v) is 3.53. The van der Waals surface area contributed by atoms with Crippen LogP contribution in [0.1, 0.15) is 18.2 Å². The minimum Gasteiger partial charge on any atom is -0.480 e. The molecule has 0 aliphatic rings. The van der Waals surface area contributed by atoms with Crippen molar-refractivity contribution in [3.63, 3.8) is 0 Å². The number of carboxylic acids is 1. The van der Waals surface area contributed by atoms with Crippen LogP contribution in [0, 0.1) is 6.92 Å². The van der Waals surface area contributed by atoms with Gasteiger partial charge in [0.25, 0.3) is 0 Å². The Hall–Kier alpha value is -2.34. The summed E-state index contributed by atoms with van der Waals surface area (Å²) in [5.74, 6) is -1.44. The number of carbonyl (C=O) groups excluding carboxylic acids is 1. The molecule has 1 amide bonds. The Morgan fingerprint density at radius 1 is 1.36 bits per heavy atom. The van der Waals surface area contributed by atoms with Crippen LogP contribution in [0.25, 0.3) is 11.3 Å². The molecule has 7 heteroatoms. The lowest BCUT2D eigenvalue weighted by Crippen LogP contribution is -2.39. The summed E-state index contributed by atoms with van der Waals surface area (Å²) >= 11 is 5.87. The minimum absolute atomic E-state index is 0.0535. The maximum atomic E-state index is 12.0. The van der Waals surface area contributed by atoms with Crippen molar-refractivity contribution in [2.24, 2.45) is 0 Å². The van der Waals surface area contributed by atoms with E-state index in [1.54, 1.807) is 12.1 Å². The molecule has 1 aromatic heterocycles. The Bertz CT molecular complexity index is 695. The van der Waals surface area contributed by atoms with Gasteiger partial charge in [0.2, 0.25) is 5.91 Å². The highest BCUT2D eigenvalue weighted by atomic mass is 35.5. The molecule has 0 spiro atoms. The number of hydrogen-bond acceptors (Lipinski definition) is 3. The topological polar surface area (TPSA) is 95.1 Å². The molecule has 0 saturated carbocycles. The molecule has 0 radical (unpaired) electrons. The smallest absolute Gasteiger partial charge is 0.325 e. The number of H-pyrrole nitrogens is 1. The lowest BCUT2D eigenvalue weighted by Gasteiger charge is -2.10. The van der Waals surface area contributed by atoms with Gasteiger partial charge in [0, 0.05) is 21.8 Å². The van der Waals surface area contributed by atoms with E-state index in [-0.39, 0.29) is 12.3 Å². The van der Waals surface area contributed by atoms with Gasteiger partial charge in [0.15, 0.2) is 0 Å². The van der Waals surface area contributed by atoms with Gasteiger partial charge in [-0.1, -0.05) is 23.7 Å². The average molecular weight is 322 g/mol. The maximum Gasteiger partial charge on any atom is 0.325 e. The maximum absolute atomic E-state index is 12.0. The van der Waals surface area contributed by atoms with Gasteiger partial charge in [-0.15, -0.1) is 0 Å². The van der Waals surface area contributed by atoms with Gasteiger partial charge in [-0.2, -0.15) is 5.10 Å². The standard InChI is InChI=1S/C15H16ClN3O3/c1-8-12(7-13(20)17-9(2)15(21)22)14(19-18-8)10-3-5-11(16)6-4-10/h3-6,9H,7H2,1-2H3,(H,17,20)(H,18,19)(H,21,22)/t9-/m0/s1. The molecule has 0 aliphatic heterocycles. The van der Waals surface area contributed by atoms with Crippen molar-refractivity contribution >= 4 is 23.5 Å². The van der Waals surface area contributed by atoms with Crippen LogP contribution in [0.2, 0.25) is 5.02 Å². The van der Waals surface area contributed by atoms with Crippen molar-refractivity contribution in [1.29, 1.82) is 0 Å². The first-order chi connectivity index (χ1) is 10.4. The van der Waals surface area contributed by atoms with Crippen LogP contribution < -0.4 is 5.32 Å². The summed E-state index contributed by atoms with van der Waals surface area (Å²) in [5.41, 5.74) is 3.00. The zero-order valence-corrected chi connectivity index (χ0v) is 12.9. The second kappa shape index (κ2) is 6.62. The monoisotopic (exact) mass is 321 g/mol. The lowest BCUT2D eigenvalue weighted by atomic mass is 10.0. The van der Waals surface area contributed by atoms with E-state index < -0.39 is 12.0 Å². The summed E-state index contributed by atoms with van der Waals surface area (Å²) < 4.78 is 0. The summed E-state index contributed by atoms with van der Waals surface area (Å²) in [4.78, 5) is 22.8. The number of aryl methyl sites for hydroxylation is 1. The van der Waals surface area contributed by atoms with Crippen molar-refractivity contribution in [2.45, 2.75) is 26.3 Å². The minimum atomic E-state index is -1.07. The van der Waals surface area contributed by atoms with E-state index in [1.165, 1.54) is 6.92 Å². The zero-order chi connectivity index (χ0) is 16.3. The van der Waals surface area contributed by atoms with E-state index in [1.807, 2.05) is 19.1 Å². The molecule has 0 saturated heterocycles. The van der Waals surface area contributed by atoms with Gasteiger partial charge in [-0.3, -0.25) is 14.7 Å². The summed E-state index contributed by atoms with van der Waals surface area (Å²) in [6.07, 6.45) is 0.0535. The van der Waals surface area contributed by atoms with Crippen molar-refractivity contribution in [3.8, 4) is 11.3 Å². The van der Waals surface area contributed by atoms with Gasteiger partial charge in [0.1, 0.15) is 6.04 Å². The second-order valence-corrected chi connectivity index (χ2v) is 5.42. The van der Waals surface area contributed by atoms with E-state index in [2.05, 4.69) is 15.5 Å². The molecule has 6 nitrogen and oxygen atoms in total. The largest absolute Gasteiger partial charge is 0.480 e. The van der Waals surface area contributed by atoms with E-state index in [0.717, 1.165) is 16.8 Å². The molecule has 1 heterocycles. The van der Waals surface area contributed by atoms with Crippen LogP contribution in [0.15, 0.2) is 24.3 Å². The number of rotatable bonds is 5. The van der Waals surface area contributed by atoms with Gasteiger partial charge < -0.3 is 10.4 Å². The predicted molar refractivity (Wildman–Crippen MR) is 82.7 cm³/mol. The Balaban J connectivity index is 2.21. The fraction of sp³-hybridized carbons (Fsp3) is 0.267. The quantitative estimate of drug-likeness (QED) is 0.786. The number of aliphatic carboxylic acids is 1. The fourth-order valence-corrected chi connectivity index (χ4v) is 2.16. The summed E-state index contributed by atoms with van der Waals surface area (Å²) in [7, 11) is 0. The van der Waals surface area contributed by atoms with E-state index in [9.17, 15) is 9.59 Å². The second-order valence-electron chi connectivity index (χ2n) is 4.99. The van der Waals surface area contributed by atoms with Crippen molar-refractivity contribution in [1.82, 2.24) is 15.5 Å². The van der Waals surface area contributed by atoms with Gasteiger partial charge in [0.05, 0.1) is 12.1 Å². The van der Waals surface area contributed by atoms with Crippen LogP contribution in [0.5, 0.6) is 0 Å². The molecule has 1 aromatic carbocycles. The first-order valence-corrected chi connectivity index (χ1v) is 7.08. The third kappa shape index (κ3) is 3.65. The highest BCUT2D eigenvalue weighted by molar-refractivity contribution is 6.30. The molecular formula is C15H16ClN3O3. The number of amides is 1. The third-order valence-electron chi connectivity index (χ3n) is 3.28. The summed E-state index contributed by atoms with van der Waals surface area (Å²) in [6.45, 7) is 3.23. The first-order valence-electron chi connectivity index (χ1n) is 6.70. The number of nitrogens with zero attached hydrogens (tertiary/aromatic N) is 1. The van der Waals surface area contributed by atoms with Crippen molar-refractivity contribution in [2.75, 3.05) is 0 Å². The number of carboxylic acid groups (broad SMARTS) is 1. The predicted octanol–water partition coefficient (Wildman–Crippen LogP) is 2.17. The number of aromatic amines is 1. The highest BCUT2D eigenvalue weighted by Crippen LogP contribution is 2.25. The molecule has 2 aromatic rings. The van der Waals surface area contributed by atoms with Crippen LogP contribution in [-0.4, -0.2) is 33.2 Å². The molecule has 0 unspecified atom stereocenters. The van der Waals surface area contributed by atoms with Crippen LogP contribution in [-0.2, 0) is 16.0 Å². The molecular weight excluding hydrogens is 306 g/mol. The number of hydrogen-bond donors (Lipinski definition) is 3. The van der Waals surface area contributed by atoms with Crippen molar-refractivity contribution in [3.05, 3.63) is 40.5 Å². The zero-order valence-electron chi connectivity index (χ0n) is 12.2. The number of aromatic nitrogens is 2. The van der Waals surface area contributed by atoms with Crippen LogP contribution in [0.4, 0.5) is 0 Å². The van der Waals surface area contributed by atoms with Crippen LogP contribution >= 0.6 is 11.6 Å². The van der Waals surface area contributed by atoms with Crippen molar-refractivity contribution < 1.29 is 14.7 Å². The lowest BCUT2D eigenvalue weighted by molar-refractivity contribution is -0.141. The summed E-state index contributed by atoms with van der Waals surface area (Å²) in [6, 6.07) is 6.20. The Labute approximate surface area is 132 Å². The molecule has 22 heavy (non-hydrogen) atoms. The number of benzene rings is 1.